The first-order valence-electron chi connectivity index (χ1n) is 19.1. The van der Waals surface area contributed by atoms with E-state index in [2.05, 4.69) is 0 Å². The number of benzene rings is 2. The highest BCUT2D eigenvalue weighted by Crippen LogP contribution is 2.59. The molecule has 0 heterocycles. The quantitative estimate of drug-likeness (QED) is 0.160. The van der Waals surface area contributed by atoms with Gasteiger partial charge in [-0.3, -0.25) is 4.18 Å². The summed E-state index contributed by atoms with van der Waals surface area (Å²) < 4.78 is 208. The van der Waals surface area contributed by atoms with Gasteiger partial charge in [-0.15, -0.1) is 0 Å². The van der Waals surface area contributed by atoms with Crippen molar-refractivity contribution in [3.8, 4) is 0 Å². The molecule has 4 aliphatic carbocycles. The summed E-state index contributed by atoms with van der Waals surface area (Å²) in [5.41, 5.74) is -15.3. The summed E-state index contributed by atoms with van der Waals surface area (Å²) in [5, 5.41) is 8.64. The monoisotopic (exact) mass is 868 g/mol. The molecule has 3 atom stereocenters. The van der Waals surface area contributed by atoms with Crippen molar-refractivity contribution in [2.24, 2.45) is 17.8 Å². The van der Waals surface area contributed by atoms with Gasteiger partial charge in [0.25, 0.3) is 21.3 Å². The maximum atomic E-state index is 14.5. The first-order valence-corrected chi connectivity index (χ1v) is 20.6. The maximum absolute atomic E-state index is 14.5. The second kappa shape index (κ2) is 15.4. The summed E-state index contributed by atoms with van der Waals surface area (Å²) in [5.74, 6) is -0.745. The van der Waals surface area contributed by atoms with Gasteiger partial charge in [-0.1, -0.05) is 62.4 Å². The Kier molecular flexibility index (Phi) is 12.3. The molecular formula is C40H48F12O5S. The van der Waals surface area contributed by atoms with Crippen molar-refractivity contribution in [2.75, 3.05) is 0 Å². The van der Waals surface area contributed by atoms with Crippen molar-refractivity contribution in [1.29, 1.82) is 0 Å². The molecule has 18 heteroatoms. The summed E-state index contributed by atoms with van der Waals surface area (Å²) in [7, 11) is -4.34. The van der Waals surface area contributed by atoms with Crippen LogP contribution in [0.1, 0.15) is 126 Å². The van der Waals surface area contributed by atoms with Gasteiger partial charge in [-0.25, -0.2) is 0 Å². The van der Waals surface area contributed by atoms with Gasteiger partial charge < -0.3 is 9.84 Å². The number of hydrogen-bond donors (Lipinski definition) is 1. The van der Waals surface area contributed by atoms with Crippen molar-refractivity contribution >= 4 is 10.1 Å². The first-order chi connectivity index (χ1) is 26.3. The highest BCUT2D eigenvalue weighted by molar-refractivity contribution is 7.87. The lowest BCUT2D eigenvalue weighted by Gasteiger charge is -2.55. The van der Waals surface area contributed by atoms with Crippen molar-refractivity contribution in [1.82, 2.24) is 0 Å². The smallest absolute Gasteiger partial charge is 0.369 e. The molecule has 328 valence electrons. The molecule has 0 saturated heterocycles. The second-order valence-corrected chi connectivity index (χ2v) is 19.4. The van der Waals surface area contributed by atoms with Gasteiger partial charge in [0.2, 0.25) is 0 Å². The molecular weight excluding hydrogens is 820 g/mol. The molecule has 4 aliphatic rings. The lowest BCUT2D eigenvalue weighted by atomic mass is 9.54. The highest BCUT2D eigenvalue weighted by Gasteiger charge is 2.74. The normalized spacial score (nSPS) is 25.2. The van der Waals surface area contributed by atoms with Crippen LogP contribution >= 0.6 is 0 Å². The van der Waals surface area contributed by atoms with E-state index < -0.39 is 85.4 Å². The predicted octanol–water partition coefficient (Wildman–Crippen LogP) is 11.9. The van der Waals surface area contributed by atoms with Crippen molar-refractivity contribution in [3.63, 3.8) is 0 Å². The number of alkyl halides is 12. The summed E-state index contributed by atoms with van der Waals surface area (Å²) in [4.78, 5) is 0. The van der Waals surface area contributed by atoms with E-state index >= 15 is 0 Å². The number of halogens is 12. The Balaban J connectivity index is 1.52. The van der Waals surface area contributed by atoms with E-state index in [1.807, 2.05) is 0 Å². The van der Waals surface area contributed by atoms with Gasteiger partial charge in [0.05, 0.1) is 16.5 Å². The molecule has 6 rings (SSSR count). The maximum Gasteiger partial charge on any atom is 0.430 e. The highest BCUT2D eigenvalue weighted by atomic mass is 32.2. The fraction of sp³-hybridized carbons (Fsp3) is 0.700. The molecule has 3 unspecified atom stereocenters. The Bertz CT molecular complexity index is 1780. The predicted molar refractivity (Wildman–Crippen MR) is 189 cm³/mol. The molecule has 1 N–H and O–H groups in total. The van der Waals surface area contributed by atoms with E-state index in [-0.39, 0.29) is 30.4 Å². The van der Waals surface area contributed by atoms with Crippen LogP contribution < -0.4 is 0 Å². The Morgan fingerprint density at radius 1 is 0.672 bits per heavy atom. The van der Waals surface area contributed by atoms with Crippen molar-refractivity contribution < 1.29 is 75.1 Å². The Labute approximate surface area is 330 Å². The Morgan fingerprint density at radius 3 is 1.47 bits per heavy atom. The minimum absolute atomic E-state index is 0.00447. The summed E-state index contributed by atoms with van der Waals surface area (Å²) in [6.45, 7) is 6.19. The largest absolute Gasteiger partial charge is 0.430 e. The minimum atomic E-state index is -6.14. The van der Waals surface area contributed by atoms with Gasteiger partial charge in [0.15, 0.2) is 0 Å². The molecule has 4 bridgehead atoms. The van der Waals surface area contributed by atoms with Crippen LogP contribution in [0.4, 0.5) is 52.7 Å². The number of rotatable bonds is 13. The van der Waals surface area contributed by atoms with E-state index in [4.69, 9.17) is 8.92 Å². The van der Waals surface area contributed by atoms with E-state index in [1.165, 1.54) is 6.92 Å². The molecule has 58 heavy (non-hydrogen) atoms. The lowest BCUT2D eigenvalue weighted by Crippen LogP contribution is -2.58. The third-order valence-corrected chi connectivity index (χ3v) is 14.0. The zero-order valence-electron chi connectivity index (χ0n) is 32.5. The summed E-state index contributed by atoms with van der Waals surface area (Å²) in [6, 6.07) is 5.97. The van der Waals surface area contributed by atoms with E-state index in [0.29, 0.717) is 61.3 Å². The van der Waals surface area contributed by atoms with Crippen LogP contribution in [0, 0.1) is 17.8 Å². The topological polar surface area (TPSA) is 72.8 Å². The average Bonchev–Trinajstić information content (AvgIpc) is 3.05. The third-order valence-electron chi connectivity index (χ3n) is 12.1. The van der Waals surface area contributed by atoms with Gasteiger partial charge in [0, 0.05) is 11.1 Å². The number of aliphatic hydroxyl groups is 1. The standard InChI is InChI=1S/C40H48F12O5S/c1-6-32(58(54,55)57-34-20-24-16-25(21-34)18-26(17-24)22-34)19-29(15-23(2)27-7-11-30(12-8-27)35(53,37(41,42)43)38(44,45)46)28-9-13-31(14-10-28)36(39(47,48)49,40(50,51)52)56-33(3,4)5/h7-14,23-26,29,32,53H,6,15-22H2,1-5H3. The van der Waals surface area contributed by atoms with Crippen molar-refractivity contribution in [2.45, 2.75) is 157 Å². The Hall–Kier alpha value is -2.57. The molecule has 2 aromatic carbocycles. The van der Waals surface area contributed by atoms with Crippen LogP contribution in [0.2, 0.25) is 0 Å². The molecule has 0 spiro atoms. The van der Waals surface area contributed by atoms with Gasteiger partial charge in [-0.05, 0) is 119 Å². The molecule has 2 aromatic rings. The fourth-order valence-corrected chi connectivity index (χ4v) is 11.5. The molecule has 0 aliphatic heterocycles. The number of ether oxygens (including phenoxy) is 1. The van der Waals surface area contributed by atoms with Crippen LogP contribution in [0.25, 0.3) is 0 Å². The zero-order chi connectivity index (χ0) is 43.7. The Morgan fingerprint density at radius 2 is 1.09 bits per heavy atom. The molecule has 4 saturated carbocycles. The zero-order valence-corrected chi connectivity index (χ0v) is 33.3. The summed E-state index contributed by atoms with van der Waals surface area (Å²) >= 11 is 0. The molecule has 0 radical (unpaired) electrons. The van der Waals surface area contributed by atoms with Gasteiger partial charge in [-0.2, -0.15) is 61.1 Å². The number of hydrogen-bond acceptors (Lipinski definition) is 5. The van der Waals surface area contributed by atoms with E-state index in [1.54, 1.807) is 6.92 Å². The molecule has 5 nitrogen and oxygen atoms in total. The van der Waals surface area contributed by atoms with Crippen molar-refractivity contribution in [3.05, 3.63) is 70.8 Å². The second-order valence-electron chi connectivity index (χ2n) is 17.6. The van der Waals surface area contributed by atoms with E-state index in [9.17, 15) is 66.2 Å². The average molecular weight is 869 g/mol. The summed E-state index contributed by atoms with van der Waals surface area (Å²) in [6.07, 6.45) is -19.9. The third kappa shape index (κ3) is 8.90. The van der Waals surface area contributed by atoms with Crippen LogP contribution in [-0.4, -0.2) is 54.7 Å². The van der Waals surface area contributed by atoms with Crippen LogP contribution in [0.5, 0.6) is 0 Å². The fourth-order valence-electron chi connectivity index (χ4n) is 9.84. The van der Waals surface area contributed by atoms with Crippen LogP contribution in [0.3, 0.4) is 0 Å². The van der Waals surface area contributed by atoms with Gasteiger partial charge >= 0.3 is 24.7 Å². The molecule has 0 amide bonds. The first kappa shape index (κ1) is 46.5. The molecule has 0 aromatic heterocycles. The minimum Gasteiger partial charge on any atom is -0.369 e. The van der Waals surface area contributed by atoms with Crippen LogP contribution in [0.15, 0.2) is 48.5 Å². The lowest BCUT2D eigenvalue weighted by molar-refractivity contribution is -0.407. The van der Waals surface area contributed by atoms with Crippen LogP contribution in [-0.2, 0) is 30.2 Å². The SMILES string of the molecule is CCC(CC(CC(C)c1ccc(C(O)(C(F)(F)F)C(F)(F)F)cc1)c1ccc(C(OC(C)(C)C)(C(F)(F)F)C(F)(F)F)cc1)S(=O)(=O)OC12CC3CC(CC(C3)C1)C2. The van der Waals surface area contributed by atoms with Gasteiger partial charge in [0.1, 0.15) is 0 Å². The van der Waals surface area contributed by atoms with E-state index in [0.717, 1.165) is 64.3 Å². The molecule has 4 fully saturated rings.